The average Bonchev–Trinajstić information content (AvgIpc) is 3.55. The molecule has 2 atom stereocenters. The Bertz CT molecular complexity index is 781. The predicted octanol–water partition coefficient (Wildman–Crippen LogP) is 2.63. The van der Waals surface area contributed by atoms with E-state index in [2.05, 4.69) is 28.3 Å². The van der Waals surface area contributed by atoms with Crippen LogP contribution in [0.5, 0.6) is 0 Å². The highest BCUT2D eigenvalue weighted by molar-refractivity contribution is 5.82. The van der Waals surface area contributed by atoms with Crippen LogP contribution in [0.25, 0.3) is 0 Å². The fourth-order valence-electron chi connectivity index (χ4n) is 5.04. The largest absolute Gasteiger partial charge is 0.465 e. The monoisotopic (exact) mass is 447 g/mol. The van der Waals surface area contributed by atoms with Gasteiger partial charge >= 0.3 is 6.09 Å². The van der Waals surface area contributed by atoms with Crippen molar-refractivity contribution < 1.29 is 19.4 Å². The Kier molecular flexibility index (Phi) is 7.67. The molecule has 0 spiro atoms. The second-order valence-corrected chi connectivity index (χ2v) is 9.35. The van der Waals surface area contributed by atoms with Gasteiger partial charge in [0.15, 0.2) is 0 Å². The fourth-order valence-corrected chi connectivity index (χ4v) is 5.04. The molecule has 1 saturated heterocycles. The average molecular weight is 448 g/mol. The highest BCUT2D eigenvalue weighted by Gasteiger charge is 2.41. The van der Waals surface area contributed by atoms with Gasteiger partial charge < -0.3 is 29.9 Å². The number of rotatable bonds is 9. The number of carbonyl (C=O) groups excluding carboxylic acids is 1. The number of nitrogens with zero attached hydrogens (tertiary/aromatic N) is 3. The third kappa shape index (κ3) is 5.61. The number of morpholine rings is 1. The lowest BCUT2D eigenvalue weighted by Gasteiger charge is -2.33. The quantitative estimate of drug-likeness (QED) is 0.502. The van der Waals surface area contributed by atoms with Crippen LogP contribution in [0.15, 0.2) is 6.20 Å². The summed E-state index contributed by atoms with van der Waals surface area (Å²) in [5.41, 5.74) is 0.931. The van der Waals surface area contributed by atoms with Gasteiger partial charge in [0.25, 0.3) is 5.91 Å². The van der Waals surface area contributed by atoms with Gasteiger partial charge in [-0.15, -0.1) is 0 Å². The summed E-state index contributed by atoms with van der Waals surface area (Å²) in [6.45, 7) is 5.13. The molecule has 3 N–H and O–H groups in total. The third-order valence-electron chi connectivity index (χ3n) is 6.89. The number of carboxylic acid groups (broad SMARTS) is 1. The normalized spacial score (nSPS) is 23.0. The predicted molar refractivity (Wildman–Crippen MR) is 120 cm³/mol. The molecule has 2 heterocycles. The molecule has 9 heteroatoms. The Balaban J connectivity index is 1.52. The van der Waals surface area contributed by atoms with Crippen LogP contribution in [0, 0.1) is 0 Å². The first-order valence-corrected chi connectivity index (χ1v) is 12.2. The molecule has 0 bridgehead atoms. The van der Waals surface area contributed by atoms with E-state index in [0.29, 0.717) is 32.0 Å². The van der Waals surface area contributed by atoms with Crippen LogP contribution in [-0.4, -0.2) is 69.9 Å². The molecule has 0 unspecified atom stereocenters. The second-order valence-electron chi connectivity index (χ2n) is 9.35. The first kappa shape index (κ1) is 23.0. The van der Waals surface area contributed by atoms with Gasteiger partial charge in [-0.3, -0.25) is 4.79 Å². The maximum Gasteiger partial charge on any atom is 0.404 e. The number of hydrogen-bond donors (Lipinski definition) is 3. The van der Waals surface area contributed by atoms with Gasteiger partial charge in [-0.2, -0.15) is 0 Å². The lowest BCUT2D eigenvalue weighted by atomic mass is 9.88. The van der Waals surface area contributed by atoms with Gasteiger partial charge in [0.1, 0.15) is 11.9 Å². The van der Waals surface area contributed by atoms with Crippen molar-refractivity contribution in [2.24, 2.45) is 0 Å². The molecule has 9 nitrogen and oxygen atoms in total. The number of carbonyl (C=O) groups is 2. The SMILES string of the molecule is C[C@H](c1cn(CCCNC(=O)O)c(C2CCCCC2)n1)N(C(=O)[C@H]1CNCCO1)C1CC1. The highest BCUT2D eigenvalue weighted by atomic mass is 16.5. The van der Waals surface area contributed by atoms with Crippen molar-refractivity contribution in [3.05, 3.63) is 17.7 Å². The summed E-state index contributed by atoms with van der Waals surface area (Å²) in [5, 5.41) is 14.6. The zero-order valence-corrected chi connectivity index (χ0v) is 19.1. The summed E-state index contributed by atoms with van der Waals surface area (Å²) in [4.78, 5) is 31.2. The lowest BCUT2D eigenvalue weighted by Crippen LogP contribution is -2.50. The molecule has 3 fully saturated rings. The lowest BCUT2D eigenvalue weighted by molar-refractivity contribution is -0.148. The Labute approximate surface area is 189 Å². The van der Waals surface area contributed by atoms with Gasteiger partial charge in [-0.05, 0) is 39.0 Å². The highest BCUT2D eigenvalue weighted by Crippen LogP contribution is 2.37. The summed E-state index contributed by atoms with van der Waals surface area (Å²) in [6.07, 6.45) is 9.48. The first-order chi connectivity index (χ1) is 15.5. The summed E-state index contributed by atoms with van der Waals surface area (Å²) in [7, 11) is 0. The molecule has 0 radical (unpaired) electrons. The summed E-state index contributed by atoms with van der Waals surface area (Å²) in [5.74, 6) is 1.60. The molecular formula is C23H37N5O4. The van der Waals surface area contributed by atoms with E-state index >= 15 is 0 Å². The molecule has 4 rings (SSSR count). The fraction of sp³-hybridized carbons (Fsp3) is 0.783. The van der Waals surface area contributed by atoms with Crippen molar-refractivity contribution in [3.63, 3.8) is 0 Å². The van der Waals surface area contributed by atoms with Gasteiger partial charge in [0.05, 0.1) is 18.3 Å². The molecular weight excluding hydrogens is 410 g/mol. The molecule has 2 aliphatic carbocycles. The first-order valence-electron chi connectivity index (χ1n) is 12.2. The van der Waals surface area contributed by atoms with Crippen molar-refractivity contribution >= 4 is 12.0 Å². The van der Waals surface area contributed by atoms with Crippen LogP contribution >= 0.6 is 0 Å². The van der Waals surface area contributed by atoms with Crippen LogP contribution in [-0.2, 0) is 16.1 Å². The number of nitrogens with one attached hydrogen (secondary N) is 2. The van der Waals surface area contributed by atoms with Crippen molar-refractivity contribution in [2.75, 3.05) is 26.2 Å². The van der Waals surface area contributed by atoms with E-state index in [9.17, 15) is 9.59 Å². The van der Waals surface area contributed by atoms with Crippen molar-refractivity contribution in [1.82, 2.24) is 25.1 Å². The third-order valence-corrected chi connectivity index (χ3v) is 6.89. The molecule has 1 aliphatic heterocycles. The maximum absolute atomic E-state index is 13.3. The molecule has 1 aromatic rings. The number of amides is 2. The molecule has 32 heavy (non-hydrogen) atoms. The topological polar surface area (TPSA) is 109 Å². The standard InChI is InChI=1S/C23H37N5O4/c1-16(28(18-8-9-18)22(29)20-14-24-11-13-32-20)19-15-27(12-5-10-25-23(30)31)21(26-19)17-6-3-2-4-7-17/h15-18,20,24-25H,2-14H2,1H3,(H,30,31)/t16-,20-/m1/s1. The summed E-state index contributed by atoms with van der Waals surface area (Å²) in [6, 6.07) is 0.160. The summed E-state index contributed by atoms with van der Waals surface area (Å²) < 4.78 is 7.97. The smallest absolute Gasteiger partial charge is 0.404 e. The van der Waals surface area contributed by atoms with Crippen LogP contribution in [0.1, 0.15) is 81.8 Å². The Hall–Kier alpha value is -2.13. The van der Waals surface area contributed by atoms with Crippen molar-refractivity contribution in [1.29, 1.82) is 0 Å². The zero-order chi connectivity index (χ0) is 22.5. The van der Waals surface area contributed by atoms with E-state index in [4.69, 9.17) is 14.8 Å². The minimum Gasteiger partial charge on any atom is -0.465 e. The number of ether oxygens (including phenoxy) is 1. The van der Waals surface area contributed by atoms with Crippen LogP contribution in [0.3, 0.4) is 0 Å². The van der Waals surface area contributed by atoms with E-state index in [1.54, 1.807) is 0 Å². The Morgan fingerprint density at radius 1 is 1.31 bits per heavy atom. The number of aromatic nitrogens is 2. The molecule has 178 valence electrons. The second kappa shape index (κ2) is 10.7. The van der Waals surface area contributed by atoms with Crippen molar-refractivity contribution in [2.45, 2.75) is 88.9 Å². The van der Waals surface area contributed by atoms with E-state index in [-0.39, 0.29) is 18.0 Å². The molecule has 3 aliphatic rings. The van der Waals surface area contributed by atoms with E-state index in [1.165, 1.54) is 19.3 Å². The van der Waals surface area contributed by atoms with Gasteiger partial charge in [-0.1, -0.05) is 19.3 Å². The number of hydrogen-bond acceptors (Lipinski definition) is 5. The van der Waals surface area contributed by atoms with Gasteiger partial charge in [0.2, 0.25) is 0 Å². The summed E-state index contributed by atoms with van der Waals surface area (Å²) >= 11 is 0. The van der Waals surface area contributed by atoms with Crippen LogP contribution in [0.4, 0.5) is 4.79 Å². The van der Waals surface area contributed by atoms with Gasteiger partial charge in [-0.25, -0.2) is 9.78 Å². The zero-order valence-electron chi connectivity index (χ0n) is 19.1. The van der Waals surface area contributed by atoms with Crippen LogP contribution < -0.4 is 10.6 Å². The number of imidazole rings is 1. The van der Waals surface area contributed by atoms with Gasteiger partial charge in [0, 0.05) is 44.3 Å². The van der Waals surface area contributed by atoms with Crippen LogP contribution in [0.2, 0.25) is 0 Å². The Morgan fingerprint density at radius 2 is 2.09 bits per heavy atom. The van der Waals surface area contributed by atoms with E-state index in [0.717, 1.165) is 50.3 Å². The number of aryl methyl sites for hydroxylation is 1. The molecule has 2 amide bonds. The molecule has 0 aromatic carbocycles. The minimum atomic E-state index is -0.990. The molecule has 2 saturated carbocycles. The van der Waals surface area contributed by atoms with E-state index in [1.807, 2.05) is 4.90 Å². The molecule has 1 aromatic heterocycles. The van der Waals surface area contributed by atoms with E-state index < -0.39 is 12.2 Å². The maximum atomic E-state index is 13.3. The van der Waals surface area contributed by atoms with Crippen molar-refractivity contribution in [3.8, 4) is 0 Å². The minimum absolute atomic E-state index is 0.0617. The Morgan fingerprint density at radius 3 is 2.75 bits per heavy atom.